The number of hydrogen-bond acceptors (Lipinski definition) is 3. The number of nitrogens with one attached hydrogen (secondary N) is 1. The lowest BCUT2D eigenvalue weighted by atomic mass is 9.91. The Hall–Kier alpha value is -1.00. The number of amides is 1. The average molecular weight is 280 g/mol. The van der Waals surface area contributed by atoms with Crippen molar-refractivity contribution in [2.24, 2.45) is 11.7 Å². The molecule has 19 heavy (non-hydrogen) atoms. The van der Waals surface area contributed by atoms with Gasteiger partial charge in [0.25, 0.3) is 0 Å². The number of carbonyl (C=O) groups excluding carboxylic acids is 1. The number of hydrogen-bond donors (Lipinski definition) is 2. The molecule has 3 nitrogen and oxygen atoms in total. The van der Waals surface area contributed by atoms with E-state index in [9.17, 15) is 4.79 Å². The highest BCUT2D eigenvalue weighted by atomic mass is 32.2. The van der Waals surface area contributed by atoms with Crippen LogP contribution in [-0.2, 0) is 10.3 Å². The van der Waals surface area contributed by atoms with E-state index in [4.69, 9.17) is 5.73 Å². The lowest BCUT2D eigenvalue weighted by molar-refractivity contribution is -0.123. The van der Waals surface area contributed by atoms with Gasteiger partial charge in [0.05, 0.1) is 0 Å². The predicted octanol–water partition coefficient (Wildman–Crippen LogP) is 2.37. The normalized spacial score (nSPS) is 15.7. The molecule has 0 spiro atoms. The summed E-state index contributed by atoms with van der Waals surface area (Å²) in [5, 5.41) is 3.13. The number of benzene rings is 1. The van der Waals surface area contributed by atoms with Gasteiger partial charge in [-0.2, -0.15) is 11.8 Å². The summed E-state index contributed by atoms with van der Waals surface area (Å²) in [6.07, 6.45) is 1.15. The molecule has 2 atom stereocenters. The zero-order valence-corrected chi connectivity index (χ0v) is 12.8. The molecule has 1 aromatic rings. The summed E-state index contributed by atoms with van der Waals surface area (Å²) in [5.74, 6) is 2.04. The van der Waals surface area contributed by atoms with Crippen molar-refractivity contribution < 1.29 is 4.79 Å². The number of rotatable bonds is 8. The highest BCUT2D eigenvalue weighted by molar-refractivity contribution is 7.99. The Balaban J connectivity index is 2.85. The number of nitrogens with two attached hydrogens (primary N) is 1. The van der Waals surface area contributed by atoms with Gasteiger partial charge in [0.15, 0.2) is 0 Å². The van der Waals surface area contributed by atoms with Crippen molar-refractivity contribution in [1.82, 2.24) is 5.32 Å². The topological polar surface area (TPSA) is 55.1 Å². The van der Waals surface area contributed by atoms with E-state index in [1.54, 1.807) is 18.8 Å². The average Bonchev–Trinajstić information content (AvgIpc) is 2.44. The third-order valence-corrected chi connectivity index (χ3v) is 4.97. The minimum absolute atomic E-state index is 0.321. The van der Waals surface area contributed by atoms with Crippen molar-refractivity contribution >= 4 is 17.7 Å². The second-order valence-corrected chi connectivity index (χ2v) is 5.94. The lowest BCUT2D eigenvalue weighted by Gasteiger charge is -2.31. The van der Waals surface area contributed by atoms with E-state index in [1.807, 2.05) is 30.3 Å². The van der Waals surface area contributed by atoms with Gasteiger partial charge < -0.3 is 11.1 Å². The molecular formula is C15H24N2OS. The second kappa shape index (κ2) is 7.56. The standard InChI is InChI=1S/C15H24N2OS/c1-4-12(2)10-19-11-15(17-3,14(16)18)13-8-6-5-7-9-13/h5-9,12,17H,4,10-11H2,1-3H3,(H2,16,18). The maximum Gasteiger partial charge on any atom is 0.243 e. The Kier molecular flexibility index (Phi) is 6.38. The highest BCUT2D eigenvalue weighted by Gasteiger charge is 2.36. The molecule has 1 amide bonds. The van der Waals surface area contributed by atoms with E-state index in [0.29, 0.717) is 11.7 Å². The van der Waals surface area contributed by atoms with Crippen LogP contribution in [0, 0.1) is 5.92 Å². The van der Waals surface area contributed by atoms with Crippen LogP contribution in [0.15, 0.2) is 30.3 Å². The van der Waals surface area contributed by atoms with Crippen molar-refractivity contribution in [3.8, 4) is 0 Å². The molecule has 106 valence electrons. The van der Waals surface area contributed by atoms with Gasteiger partial charge in [-0.15, -0.1) is 0 Å². The zero-order valence-electron chi connectivity index (χ0n) is 12.0. The van der Waals surface area contributed by atoms with Crippen LogP contribution in [0.2, 0.25) is 0 Å². The van der Waals surface area contributed by atoms with Gasteiger partial charge in [-0.3, -0.25) is 4.79 Å². The molecule has 0 radical (unpaired) electrons. The Labute approximate surface area is 120 Å². The van der Waals surface area contributed by atoms with Gasteiger partial charge in [-0.25, -0.2) is 0 Å². The summed E-state index contributed by atoms with van der Waals surface area (Å²) >= 11 is 1.78. The monoisotopic (exact) mass is 280 g/mol. The molecule has 0 saturated carbocycles. The van der Waals surface area contributed by atoms with Gasteiger partial charge in [0, 0.05) is 5.75 Å². The number of carbonyl (C=O) groups is 1. The zero-order chi connectivity index (χ0) is 14.3. The van der Waals surface area contributed by atoms with E-state index in [0.717, 1.165) is 17.7 Å². The molecule has 1 rings (SSSR count). The third-order valence-electron chi connectivity index (χ3n) is 3.53. The lowest BCUT2D eigenvalue weighted by Crippen LogP contribution is -2.53. The summed E-state index contributed by atoms with van der Waals surface area (Å²) in [4.78, 5) is 11.9. The Morgan fingerprint density at radius 2 is 2.05 bits per heavy atom. The van der Waals surface area contributed by atoms with Gasteiger partial charge in [0.1, 0.15) is 5.54 Å². The van der Waals surface area contributed by atoms with Gasteiger partial charge in [-0.05, 0) is 24.3 Å². The molecule has 0 aliphatic rings. The van der Waals surface area contributed by atoms with Crippen LogP contribution in [0.25, 0.3) is 0 Å². The molecular weight excluding hydrogens is 256 g/mol. The first-order valence-electron chi connectivity index (χ1n) is 6.69. The molecule has 0 saturated heterocycles. The van der Waals surface area contributed by atoms with Crippen LogP contribution in [0.5, 0.6) is 0 Å². The smallest absolute Gasteiger partial charge is 0.243 e. The highest BCUT2D eigenvalue weighted by Crippen LogP contribution is 2.26. The Morgan fingerprint density at radius 3 is 2.53 bits per heavy atom. The quantitative estimate of drug-likeness (QED) is 0.768. The SMILES string of the molecule is CCC(C)CSCC(NC)(C(N)=O)c1ccccc1. The number of likely N-dealkylation sites (N-methyl/N-ethyl adjacent to an activating group) is 1. The van der Waals surface area contributed by atoms with E-state index < -0.39 is 5.54 Å². The molecule has 2 unspecified atom stereocenters. The predicted molar refractivity (Wildman–Crippen MR) is 83.2 cm³/mol. The van der Waals surface area contributed by atoms with Gasteiger partial charge >= 0.3 is 0 Å². The van der Waals surface area contributed by atoms with Crippen molar-refractivity contribution in [2.45, 2.75) is 25.8 Å². The molecule has 1 aromatic carbocycles. The van der Waals surface area contributed by atoms with Crippen LogP contribution in [0.1, 0.15) is 25.8 Å². The van der Waals surface area contributed by atoms with Crippen LogP contribution in [0.3, 0.4) is 0 Å². The maximum absolute atomic E-state index is 11.9. The fourth-order valence-electron chi connectivity index (χ4n) is 1.89. The molecule has 0 aromatic heterocycles. The molecule has 0 bridgehead atoms. The first-order chi connectivity index (χ1) is 9.06. The Bertz CT molecular complexity index is 396. The summed E-state index contributed by atoms with van der Waals surface area (Å²) in [6, 6.07) is 9.71. The molecule has 0 aliphatic carbocycles. The van der Waals surface area contributed by atoms with E-state index in [1.165, 1.54) is 0 Å². The maximum atomic E-state index is 11.9. The molecule has 3 N–H and O–H groups in total. The minimum Gasteiger partial charge on any atom is -0.368 e. The summed E-state index contributed by atoms with van der Waals surface area (Å²) in [7, 11) is 1.79. The largest absolute Gasteiger partial charge is 0.368 e. The van der Waals surface area contributed by atoms with E-state index in [-0.39, 0.29) is 5.91 Å². The Morgan fingerprint density at radius 1 is 1.42 bits per heavy atom. The minimum atomic E-state index is -0.778. The van der Waals surface area contributed by atoms with Crippen LogP contribution in [0.4, 0.5) is 0 Å². The van der Waals surface area contributed by atoms with E-state index >= 15 is 0 Å². The van der Waals surface area contributed by atoms with Crippen LogP contribution in [-0.4, -0.2) is 24.5 Å². The number of thioether (sulfide) groups is 1. The van der Waals surface area contributed by atoms with Crippen LogP contribution < -0.4 is 11.1 Å². The fourth-order valence-corrected chi connectivity index (χ4v) is 3.41. The fraction of sp³-hybridized carbons (Fsp3) is 0.533. The summed E-state index contributed by atoms with van der Waals surface area (Å²) in [5.41, 5.74) is 5.80. The molecule has 0 aliphatic heterocycles. The first-order valence-corrected chi connectivity index (χ1v) is 7.84. The second-order valence-electron chi connectivity index (χ2n) is 4.91. The molecule has 4 heteroatoms. The van der Waals surface area contributed by atoms with Crippen LogP contribution >= 0.6 is 11.8 Å². The van der Waals surface area contributed by atoms with Gasteiger partial charge in [-0.1, -0.05) is 50.6 Å². The summed E-state index contributed by atoms with van der Waals surface area (Å²) in [6.45, 7) is 4.41. The van der Waals surface area contributed by atoms with Crippen molar-refractivity contribution in [2.75, 3.05) is 18.6 Å². The first kappa shape index (κ1) is 16.1. The van der Waals surface area contributed by atoms with Crippen molar-refractivity contribution in [3.05, 3.63) is 35.9 Å². The van der Waals surface area contributed by atoms with Crippen molar-refractivity contribution in [1.29, 1.82) is 0 Å². The third kappa shape index (κ3) is 3.98. The van der Waals surface area contributed by atoms with Crippen molar-refractivity contribution in [3.63, 3.8) is 0 Å². The number of primary amides is 1. The van der Waals surface area contributed by atoms with E-state index in [2.05, 4.69) is 19.2 Å². The molecule has 0 fully saturated rings. The van der Waals surface area contributed by atoms with Gasteiger partial charge in [0.2, 0.25) is 5.91 Å². The molecule has 0 heterocycles. The summed E-state index contributed by atoms with van der Waals surface area (Å²) < 4.78 is 0.